The van der Waals surface area contributed by atoms with E-state index >= 15 is 0 Å². The molecule has 1 heterocycles. The van der Waals surface area contributed by atoms with Crippen molar-refractivity contribution in [2.75, 3.05) is 6.54 Å². The maximum Gasteiger partial charge on any atom is 0.285 e. The van der Waals surface area contributed by atoms with Gasteiger partial charge in [0.1, 0.15) is 0 Å². The lowest BCUT2D eigenvalue weighted by Crippen LogP contribution is -2.26. The van der Waals surface area contributed by atoms with Crippen LogP contribution in [0.4, 0.5) is 5.69 Å². The van der Waals surface area contributed by atoms with Crippen LogP contribution in [-0.4, -0.2) is 21.9 Å². The van der Waals surface area contributed by atoms with Crippen molar-refractivity contribution in [3.63, 3.8) is 0 Å². The fourth-order valence-electron chi connectivity index (χ4n) is 1.91. The highest BCUT2D eigenvalue weighted by Crippen LogP contribution is 2.28. The van der Waals surface area contributed by atoms with E-state index in [4.69, 9.17) is 0 Å². The van der Waals surface area contributed by atoms with Crippen LogP contribution in [0.5, 0.6) is 0 Å². The molecule has 0 saturated heterocycles. The fraction of sp³-hybridized carbons (Fsp3) is 0.538. The first-order chi connectivity index (χ1) is 9.58. The molecule has 1 aliphatic rings. The molecular weight excluding hydrogens is 262 g/mol. The van der Waals surface area contributed by atoms with Crippen LogP contribution in [0.25, 0.3) is 0 Å². The minimum atomic E-state index is -0.522. The molecule has 1 saturated carbocycles. The highest BCUT2D eigenvalue weighted by atomic mass is 16.6. The van der Waals surface area contributed by atoms with E-state index in [9.17, 15) is 19.7 Å². The summed E-state index contributed by atoms with van der Waals surface area (Å²) in [6.07, 6.45) is 4.65. The maximum absolute atomic E-state index is 11.5. The number of hydrogen-bond acceptors (Lipinski definition) is 4. The van der Waals surface area contributed by atoms with Crippen LogP contribution in [0.1, 0.15) is 25.7 Å². The first-order valence-electron chi connectivity index (χ1n) is 6.70. The van der Waals surface area contributed by atoms with Crippen molar-refractivity contribution in [3.05, 3.63) is 38.8 Å². The Kier molecular flexibility index (Phi) is 4.49. The Bertz CT molecular complexity index is 563. The second-order valence-corrected chi connectivity index (χ2v) is 4.95. The summed E-state index contributed by atoms with van der Waals surface area (Å²) >= 11 is 0. The van der Waals surface area contributed by atoms with Gasteiger partial charge in [-0.15, -0.1) is 0 Å². The van der Waals surface area contributed by atoms with Gasteiger partial charge in [-0.2, -0.15) is 0 Å². The van der Waals surface area contributed by atoms with Crippen molar-refractivity contribution >= 4 is 11.6 Å². The molecule has 0 aliphatic heterocycles. The molecule has 1 N–H and O–H groups in total. The molecule has 1 aliphatic carbocycles. The van der Waals surface area contributed by atoms with Crippen LogP contribution in [0.3, 0.4) is 0 Å². The third-order valence-electron chi connectivity index (χ3n) is 3.25. The number of nitrogens with one attached hydrogen (secondary N) is 1. The monoisotopic (exact) mass is 279 g/mol. The lowest BCUT2D eigenvalue weighted by molar-refractivity contribution is -0.385. The molecule has 1 amide bonds. The quantitative estimate of drug-likeness (QED) is 0.459. The van der Waals surface area contributed by atoms with Gasteiger partial charge in [0.15, 0.2) is 0 Å². The molecule has 7 nitrogen and oxygen atoms in total. The maximum atomic E-state index is 11.5. The minimum absolute atomic E-state index is 0.0911. The number of rotatable bonds is 7. The summed E-state index contributed by atoms with van der Waals surface area (Å²) in [6.45, 7) is 0.999. The molecule has 7 heteroatoms. The number of aryl methyl sites for hydroxylation is 1. The van der Waals surface area contributed by atoms with E-state index in [-0.39, 0.29) is 23.1 Å². The number of unbranched alkanes of at least 4 members (excludes halogenated alkanes) is 1. The summed E-state index contributed by atoms with van der Waals surface area (Å²) in [4.78, 5) is 33.0. The first kappa shape index (κ1) is 14.2. The zero-order valence-electron chi connectivity index (χ0n) is 11.1. The number of carbonyl (C=O) groups is 1. The van der Waals surface area contributed by atoms with Gasteiger partial charge < -0.3 is 9.88 Å². The smallest absolute Gasteiger partial charge is 0.285 e. The Morgan fingerprint density at radius 1 is 1.40 bits per heavy atom. The summed E-state index contributed by atoms with van der Waals surface area (Å²) < 4.78 is 1.33. The summed E-state index contributed by atoms with van der Waals surface area (Å²) in [5, 5.41) is 13.5. The van der Waals surface area contributed by atoms with Crippen LogP contribution in [-0.2, 0) is 11.3 Å². The molecule has 0 unspecified atom stereocenters. The van der Waals surface area contributed by atoms with Crippen LogP contribution in [0.2, 0.25) is 0 Å². The highest BCUT2D eigenvalue weighted by Gasteiger charge is 2.28. The van der Waals surface area contributed by atoms with E-state index in [1.165, 1.54) is 22.9 Å². The molecule has 1 aromatic rings. The molecule has 0 radical (unpaired) electrons. The third kappa shape index (κ3) is 3.91. The van der Waals surface area contributed by atoms with Gasteiger partial charge >= 0.3 is 0 Å². The first-order valence-corrected chi connectivity index (χ1v) is 6.70. The Morgan fingerprint density at radius 3 is 2.80 bits per heavy atom. The number of carbonyl (C=O) groups excluding carboxylic acids is 1. The zero-order chi connectivity index (χ0) is 14.5. The van der Waals surface area contributed by atoms with Gasteiger partial charge in [0.25, 0.3) is 11.2 Å². The number of nitrogens with zero attached hydrogens (tertiary/aromatic N) is 2. The topological polar surface area (TPSA) is 94.2 Å². The number of aromatic nitrogens is 1. The Labute approximate surface area is 115 Å². The van der Waals surface area contributed by atoms with Crippen LogP contribution < -0.4 is 10.9 Å². The van der Waals surface area contributed by atoms with Gasteiger partial charge in [-0.25, -0.2) is 0 Å². The van der Waals surface area contributed by atoms with Gasteiger partial charge in [-0.05, 0) is 25.7 Å². The Morgan fingerprint density at radius 2 is 2.15 bits per heavy atom. The average molecular weight is 279 g/mol. The summed E-state index contributed by atoms with van der Waals surface area (Å²) in [5.74, 6) is 0.312. The van der Waals surface area contributed by atoms with Crippen molar-refractivity contribution in [2.45, 2.75) is 32.2 Å². The van der Waals surface area contributed by atoms with Gasteiger partial charge in [0.05, 0.1) is 11.1 Å². The third-order valence-corrected chi connectivity index (χ3v) is 3.25. The Balaban J connectivity index is 1.75. The van der Waals surface area contributed by atoms with Crippen molar-refractivity contribution in [1.82, 2.24) is 9.88 Å². The SMILES string of the molecule is O=C(NCCCCn1cc([N+](=O)[O-])ccc1=O)C1CC1. The molecule has 20 heavy (non-hydrogen) atoms. The van der Waals surface area contributed by atoms with Crippen molar-refractivity contribution in [3.8, 4) is 0 Å². The number of nitro groups is 1. The minimum Gasteiger partial charge on any atom is -0.356 e. The van der Waals surface area contributed by atoms with Gasteiger partial charge in [-0.3, -0.25) is 19.7 Å². The molecule has 0 bridgehead atoms. The predicted molar refractivity (Wildman–Crippen MR) is 72.3 cm³/mol. The van der Waals surface area contributed by atoms with E-state index in [0.29, 0.717) is 19.5 Å². The van der Waals surface area contributed by atoms with Crippen molar-refractivity contribution < 1.29 is 9.72 Å². The molecular formula is C13H17N3O4. The summed E-state index contributed by atoms with van der Waals surface area (Å²) in [7, 11) is 0. The van der Waals surface area contributed by atoms with Gasteiger partial charge in [0.2, 0.25) is 5.91 Å². The number of amides is 1. The molecule has 2 rings (SSSR count). The molecule has 1 aromatic heterocycles. The van der Waals surface area contributed by atoms with Crippen LogP contribution >= 0.6 is 0 Å². The molecule has 1 fully saturated rings. The second-order valence-electron chi connectivity index (χ2n) is 4.95. The van der Waals surface area contributed by atoms with Crippen LogP contribution in [0.15, 0.2) is 23.1 Å². The van der Waals surface area contributed by atoms with E-state index in [2.05, 4.69) is 5.32 Å². The molecule has 0 spiro atoms. The summed E-state index contributed by atoms with van der Waals surface area (Å²) in [5.41, 5.74) is -0.343. The van der Waals surface area contributed by atoms with Crippen molar-refractivity contribution in [1.29, 1.82) is 0 Å². The lowest BCUT2D eigenvalue weighted by atomic mass is 10.3. The standard InChI is InChI=1S/C13H17N3O4/c17-12-6-5-11(16(19)20)9-15(12)8-2-1-7-14-13(18)10-3-4-10/h5-6,9-10H,1-4,7-8H2,(H,14,18). The summed E-state index contributed by atoms with van der Waals surface area (Å²) in [6, 6.07) is 2.40. The lowest BCUT2D eigenvalue weighted by Gasteiger charge is -2.06. The fourth-order valence-corrected chi connectivity index (χ4v) is 1.91. The van der Waals surface area contributed by atoms with E-state index in [0.717, 1.165) is 19.3 Å². The van der Waals surface area contributed by atoms with Crippen molar-refractivity contribution in [2.24, 2.45) is 5.92 Å². The predicted octanol–water partition coefficient (Wildman–Crippen LogP) is 1.06. The van der Waals surface area contributed by atoms with Crippen LogP contribution in [0, 0.1) is 16.0 Å². The number of pyridine rings is 1. The Hall–Kier alpha value is -2.18. The van der Waals surface area contributed by atoms with E-state index in [1.54, 1.807) is 0 Å². The van der Waals surface area contributed by atoms with E-state index in [1.807, 2.05) is 0 Å². The largest absolute Gasteiger partial charge is 0.356 e. The second kappa shape index (κ2) is 6.31. The highest BCUT2D eigenvalue weighted by molar-refractivity contribution is 5.80. The molecule has 0 aromatic carbocycles. The number of hydrogen-bond donors (Lipinski definition) is 1. The molecule has 108 valence electrons. The normalized spacial score (nSPS) is 14.0. The van der Waals surface area contributed by atoms with Gasteiger partial charge in [-0.1, -0.05) is 0 Å². The molecule has 0 atom stereocenters. The average Bonchev–Trinajstić information content (AvgIpc) is 3.24. The zero-order valence-corrected chi connectivity index (χ0v) is 11.1. The van der Waals surface area contributed by atoms with E-state index < -0.39 is 4.92 Å². The van der Waals surface area contributed by atoms with Gasteiger partial charge in [0, 0.05) is 31.1 Å².